The van der Waals surface area contributed by atoms with Gasteiger partial charge >= 0.3 is 0 Å². The van der Waals surface area contributed by atoms with Crippen LogP contribution in [0.5, 0.6) is 0 Å². The highest BCUT2D eigenvalue weighted by Gasteiger charge is 2.15. The summed E-state index contributed by atoms with van der Waals surface area (Å²) in [6, 6.07) is 0. The van der Waals surface area contributed by atoms with E-state index in [1.54, 1.807) is 0 Å². The van der Waals surface area contributed by atoms with E-state index in [1.807, 2.05) is 6.08 Å². The monoisotopic (exact) mass is 197 g/mol. The van der Waals surface area contributed by atoms with Crippen LogP contribution in [0.1, 0.15) is 52.9 Å². The van der Waals surface area contributed by atoms with Crippen molar-refractivity contribution in [2.24, 2.45) is 5.41 Å². The number of allylic oxidation sites excluding steroid dienone is 1. The highest BCUT2D eigenvalue weighted by Crippen LogP contribution is 2.26. The van der Waals surface area contributed by atoms with Gasteiger partial charge in [0.2, 0.25) is 0 Å². The summed E-state index contributed by atoms with van der Waals surface area (Å²) in [5.74, 6) is 0. The molecule has 0 unspecified atom stereocenters. The summed E-state index contributed by atoms with van der Waals surface area (Å²) in [7, 11) is 0. The van der Waals surface area contributed by atoms with Crippen LogP contribution < -0.4 is 5.32 Å². The lowest BCUT2D eigenvalue weighted by Crippen LogP contribution is -2.23. The van der Waals surface area contributed by atoms with Crippen LogP contribution >= 0.6 is 0 Å². The summed E-state index contributed by atoms with van der Waals surface area (Å²) in [6.45, 7) is 13.0. The SMILES string of the molecule is C=CCCCC(C)(C)CCNCCC. The normalized spacial score (nSPS) is 11.6. The Labute approximate surface area is 90.0 Å². The molecule has 0 amide bonds. The van der Waals surface area contributed by atoms with Gasteiger partial charge < -0.3 is 5.32 Å². The Bertz CT molecular complexity index is 138. The van der Waals surface area contributed by atoms with Crippen LogP contribution in [0, 0.1) is 5.41 Å². The van der Waals surface area contributed by atoms with Gasteiger partial charge in [0, 0.05) is 0 Å². The summed E-state index contributed by atoms with van der Waals surface area (Å²) < 4.78 is 0. The fourth-order valence-electron chi connectivity index (χ4n) is 1.58. The van der Waals surface area contributed by atoms with E-state index in [9.17, 15) is 0 Å². The fourth-order valence-corrected chi connectivity index (χ4v) is 1.58. The molecule has 0 aromatic rings. The Morgan fingerprint density at radius 1 is 1.21 bits per heavy atom. The third-order valence-corrected chi connectivity index (χ3v) is 2.67. The molecule has 84 valence electrons. The number of hydrogen-bond donors (Lipinski definition) is 1. The molecular weight excluding hydrogens is 170 g/mol. The van der Waals surface area contributed by atoms with Crippen LogP contribution in [-0.2, 0) is 0 Å². The summed E-state index contributed by atoms with van der Waals surface area (Å²) >= 11 is 0. The van der Waals surface area contributed by atoms with Gasteiger partial charge in [0.05, 0.1) is 0 Å². The van der Waals surface area contributed by atoms with Crippen molar-refractivity contribution in [3.8, 4) is 0 Å². The minimum Gasteiger partial charge on any atom is -0.317 e. The van der Waals surface area contributed by atoms with Crippen LogP contribution in [0.25, 0.3) is 0 Å². The predicted molar refractivity (Wildman–Crippen MR) is 65.6 cm³/mol. The van der Waals surface area contributed by atoms with Crippen LogP contribution in [0.2, 0.25) is 0 Å². The zero-order valence-corrected chi connectivity index (χ0v) is 10.2. The third kappa shape index (κ3) is 8.31. The van der Waals surface area contributed by atoms with E-state index in [4.69, 9.17) is 0 Å². The number of hydrogen-bond acceptors (Lipinski definition) is 1. The lowest BCUT2D eigenvalue weighted by Gasteiger charge is -2.24. The molecule has 0 aliphatic rings. The Balaban J connectivity index is 3.45. The molecule has 0 aliphatic carbocycles. The number of rotatable bonds is 9. The first kappa shape index (κ1) is 13.7. The Morgan fingerprint density at radius 2 is 1.93 bits per heavy atom. The molecule has 0 spiro atoms. The average Bonchev–Trinajstić information content (AvgIpc) is 2.13. The van der Waals surface area contributed by atoms with Gasteiger partial charge in [-0.25, -0.2) is 0 Å². The van der Waals surface area contributed by atoms with Crippen molar-refractivity contribution in [1.82, 2.24) is 5.32 Å². The standard InChI is InChI=1S/C13H27N/c1-5-7-8-9-13(3,4)10-12-14-11-6-2/h5,14H,1,6-12H2,2-4H3. The Hall–Kier alpha value is -0.300. The van der Waals surface area contributed by atoms with Crippen molar-refractivity contribution >= 4 is 0 Å². The van der Waals surface area contributed by atoms with Crippen LogP contribution in [0.3, 0.4) is 0 Å². The molecule has 1 N–H and O–H groups in total. The van der Waals surface area contributed by atoms with Crippen molar-refractivity contribution in [3.05, 3.63) is 12.7 Å². The molecule has 0 rings (SSSR count). The number of nitrogens with one attached hydrogen (secondary N) is 1. The molecule has 14 heavy (non-hydrogen) atoms. The van der Waals surface area contributed by atoms with Gasteiger partial charge in [-0.3, -0.25) is 0 Å². The van der Waals surface area contributed by atoms with Crippen LogP contribution in [0.15, 0.2) is 12.7 Å². The molecular formula is C13H27N. The minimum absolute atomic E-state index is 0.490. The number of unbranched alkanes of at least 4 members (excludes halogenated alkanes) is 1. The lowest BCUT2D eigenvalue weighted by atomic mass is 9.84. The zero-order valence-electron chi connectivity index (χ0n) is 10.2. The van der Waals surface area contributed by atoms with E-state index in [2.05, 4.69) is 32.7 Å². The highest BCUT2D eigenvalue weighted by molar-refractivity contribution is 4.73. The first-order valence-corrected chi connectivity index (χ1v) is 5.94. The molecule has 1 nitrogen and oxygen atoms in total. The Kier molecular flexibility index (Phi) is 7.87. The first-order valence-electron chi connectivity index (χ1n) is 5.94. The van der Waals surface area contributed by atoms with E-state index in [-0.39, 0.29) is 0 Å². The average molecular weight is 197 g/mol. The maximum atomic E-state index is 3.75. The smallest absolute Gasteiger partial charge is 0.00438 e. The van der Waals surface area contributed by atoms with Gasteiger partial charge in [0.25, 0.3) is 0 Å². The van der Waals surface area contributed by atoms with Crippen molar-refractivity contribution in [1.29, 1.82) is 0 Å². The lowest BCUT2D eigenvalue weighted by molar-refractivity contribution is 0.295. The van der Waals surface area contributed by atoms with Crippen molar-refractivity contribution in [3.63, 3.8) is 0 Å². The van der Waals surface area contributed by atoms with E-state index in [0.29, 0.717) is 5.41 Å². The zero-order chi connectivity index (χ0) is 10.9. The molecule has 0 heterocycles. The summed E-state index contributed by atoms with van der Waals surface area (Å²) in [6.07, 6.45) is 8.29. The maximum Gasteiger partial charge on any atom is -0.00438 e. The van der Waals surface area contributed by atoms with E-state index >= 15 is 0 Å². The van der Waals surface area contributed by atoms with Crippen molar-refractivity contribution in [2.75, 3.05) is 13.1 Å². The second-order valence-corrected chi connectivity index (χ2v) is 4.85. The van der Waals surface area contributed by atoms with E-state index < -0.39 is 0 Å². The van der Waals surface area contributed by atoms with Gasteiger partial charge in [-0.15, -0.1) is 6.58 Å². The molecule has 0 saturated heterocycles. The molecule has 0 aromatic heterocycles. The van der Waals surface area contributed by atoms with Crippen molar-refractivity contribution < 1.29 is 0 Å². The highest BCUT2D eigenvalue weighted by atomic mass is 14.8. The first-order chi connectivity index (χ1) is 6.62. The molecule has 0 aliphatic heterocycles. The third-order valence-electron chi connectivity index (χ3n) is 2.67. The minimum atomic E-state index is 0.490. The largest absolute Gasteiger partial charge is 0.317 e. The topological polar surface area (TPSA) is 12.0 Å². The van der Waals surface area contributed by atoms with Gasteiger partial charge in [0.1, 0.15) is 0 Å². The van der Waals surface area contributed by atoms with Gasteiger partial charge in [0.15, 0.2) is 0 Å². The van der Waals surface area contributed by atoms with E-state index in [1.165, 1.54) is 25.7 Å². The van der Waals surface area contributed by atoms with Gasteiger partial charge in [-0.2, -0.15) is 0 Å². The predicted octanol–water partition coefficient (Wildman–Crippen LogP) is 3.76. The van der Waals surface area contributed by atoms with Gasteiger partial charge in [-0.05, 0) is 50.6 Å². The van der Waals surface area contributed by atoms with Crippen molar-refractivity contribution in [2.45, 2.75) is 52.9 Å². The van der Waals surface area contributed by atoms with E-state index in [0.717, 1.165) is 19.5 Å². The quantitative estimate of drug-likeness (QED) is 0.438. The molecule has 1 heteroatoms. The Morgan fingerprint density at radius 3 is 2.50 bits per heavy atom. The summed E-state index contributed by atoms with van der Waals surface area (Å²) in [4.78, 5) is 0. The molecule has 0 bridgehead atoms. The van der Waals surface area contributed by atoms with Crippen LogP contribution in [-0.4, -0.2) is 13.1 Å². The summed E-state index contributed by atoms with van der Waals surface area (Å²) in [5.41, 5.74) is 0.490. The fraction of sp³-hybridized carbons (Fsp3) is 0.846. The maximum absolute atomic E-state index is 3.75. The second-order valence-electron chi connectivity index (χ2n) is 4.85. The molecule has 0 saturated carbocycles. The van der Waals surface area contributed by atoms with Gasteiger partial charge in [-0.1, -0.05) is 26.8 Å². The summed E-state index contributed by atoms with van der Waals surface area (Å²) in [5, 5.41) is 3.46. The molecule has 0 atom stereocenters. The molecule has 0 radical (unpaired) electrons. The molecule has 0 fully saturated rings. The second kappa shape index (κ2) is 8.05. The molecule has 0 aromatic carbocycles. The van der Waals surface area contributed by atoms with Crippen LogP contribution in [0.4, 0.5) is 0 Å².